The number of unbranched alkanes of at least 4 members (excludes halogenated alkanes) is 11. The van der Waals surface area contributed by atoms with Gasteiger partial charge in [-0.1, -0.05) is 64.7 Å². The van der Waals surface area contributed by atoms with Crippen molar-refractivity contribution < 1.29 is 14.6 Å². The summed E-state index contributed by atoms with van der Waals surface area (Å²) in [7, 11) is 1.78. The van der Waals surface area contributed by atoms with E-state index >= 15 is 0 Å². The number of ether oxygens (including phenoxy) is 1. The molecule has 0 heterocycles. The van der Waals surface area contributed by atoms with E-state index in [0.29, 0.717) is 13.0 Å². The van der Waals surface area contributed by atoms with Crippen LogP contribution in [0.25, 0.3) is 0 Å². The van der Waals surface area contributed by atoms with E-state index in [-0.39, 0.29) is 6.61 Å². The number of rotatable bonds is 18. The van der Waals surface area contributed by atoms with Gasteiger partial charge in [-0.15, -0.1) is 0 Å². The third kappa shape index (κ3) is 29.5. The standard InChI is InChI=1S/C12H26O.C8H17NO2/c1-3-4-5-6-7-8-9-10-11-12-13-2;10-7-4-2-1-3-5-9-6-8-11/h3-12H2,1-2H3;7,9,11H,1-6,8H2. The quantitative estimate of drug-likeness (QED) is 0.284. The van der Waals surface area contributed by atoms with Crippen LogP contribution < -0.4 is 5.32 Å². The summed E-state index contributed by atoms with van der Waals surface area (Å²) >= 11 is 0. The number of hydrogen-bond acceptors (Lipinski definition) is 4. The van der Waals surface area contributed by atoms with Crippen LogP contribution in [0, 0.1) is 0 Å². The summed E-state index contributed by atoms with van der Waals surface area (Å²) in [6.07, 6.45) is 17.3. The van der Waals surface area contributed by atoms with Crippen LogP contribution >= 0.6 is 0 Å². The maximum Gasteiger partial charge on any atom is 0.119 e. The maximum absolute atomic E-state index is 9.89. The van der Waals surface area contributed by atoms with Crippen LogP contribution in [-0.2, 0) is 9.53 Å². The second-order valence-electron chi connectivity index (χ2n) is 6.31. The zero-order chi connectivity index (χ0) is 18.1. The topological polar surface area (TPSA) is 58.6 Å². The van der Waals surface area contributed by atoms with Gasteiger partial charge in [0.1, 0.15) is 6.29 Å². The van der Waals surface area contributed by atoms with Crippen LogP contribution in [0.3, 0.4) is 0 Å². The molecule has 0 amide bonds. The first-order valence-corrected chi connectivity index (χ1v) is 10.1. The lowest BCUT2D eigenvalue weighted by molar-refractivity contribution is -0.107. The Hall–Kier alpha value is -0.450. The number of carbonyl (C=O) groups is 1. The Morgan fingerprint density at radius 1 is 0.833 bits per heavy atom. The van der Waals surface area contributed by atoms with Crippen LogP contribution in [0.2, 0.25) is 0 Å². The third-order valence-electron chi connectivity index (χ3n) is 3.92. The Labute approximate surface area is 150 Å². The minimum absolute atomic E-state index is 0.203. The molecule has 4 heteroatoms. The lowest BCUT2D eigenvalue weighted by Crippen LogP contribution is -2.19. The molecular weight excluding hydrogens is 302 g/mol. The molecule has 146 valence electrons. The van der Waals surface area contributed by atoms with Gasteiger partial charge in [-0.25, -0.2) is 0 Å². The second kappa shape index (κ2) is 27.4. The minimum atomic E-state index is 0.203. The Balaban J connectivity index is 0. The molecule has 0 aromatic heterocycles. The zero-order valence-corrected chi connectivity index (χ0v) is 16.4. The molecule has 0 saturated carbocycles. The van der Waals surface area contributed by atoms with Gasteiger partial charge in [0.25, 0.3) is 0 Å². The highest BCUT2D eigenvalue weighted by Crippen LogP contribution is 2.09. The van der Waals surface area contributed by atoms with Crippen molar-refractivity contribution in [2.24, 2.45) is 0 Å². The van der Waals surface area contributed by atoms with E-state index in [9.17, 15) is 4.79 Å². The number of aldehydes is 1. The van der Waals surface area contributed by atoms with Gasteiger partial charge < -0.3 is 20.0 Å². The molecule has 0 atom stereocenters. The Kier molecular flexibility index (Phi) is 29.4. The zero-order valence-electron chi connectivity index (χ0n) is 16.4. The van der Waals surface area contributed by atoms with Gasteiger partial charge in [-0.2, -0.15) is 0 Å². The van der Waals surface area contributed by atoms with Gasteiger partial charge in [0.2, 0.25) is 0 Å². The highest BCUT2D eigenvalue weighted by Gasteiger charge is 1.91. The Morgan fingerprint density at radius 3 is 1.96 bits per heavy atom. The van der Waals surface area contributed by atoms with Crippen LogP contribution in [0.4, 0.5) is 0 Å². The number of hydrogen-bond donors (Lipinski definition) is 2. The first-order chi connectivity index (χ1) is 11.8. The van der Waals surface area contributed by atoms with Gasteiger partial charge in [-0.3, -0.25) is 0 Å². The fraction of sp³-hybridized carbons (Fsp3) is 0.950. The fourth-order valence-electron chi connectivity index (χ4n) is 2.42. The van der Waals surface area contributed by atoms with Crippen molar-refractivity contribution in [3.8, 4) is 0 Å². The molecule has 0 aromatic rings. The molecule has 0 aromatic carbocycles. The lowest BCUT2D eigenvalue weighted by atomic mass is 10.1. The Morgan fingerprint density at radius 2 is 1.42 bits per heavy atom. The van der Waals surface area contributed by atoms with Gasteiger partial charge in [0, 0.05) is 26.7 Å². The number of aliphatic hydroxyl groups excluding tert-OH is 1. The molecule has 2 N–H and O–H groups in total. The summed E-state index contributed by atoms with van der Waals surface area (Å²) in [5.41, 5.74) is 0. The number of aliphatic hydroxyl groups is 1. The van der Waals surface area contributed by atoms with Crippen LogP contribution in [0.5, 0.6) is 0 Å². The third-order valence-corrected chi connectivity index (χ3v) is 3.92. The molecule has 0 aliphatic rings. The lowest BCUT2D eigenvalue weighted by Gasteiger charge is -2.01. The molecule has 0 bridgehead atoms. The van der Waals surface area contributed by atoms with E-state index in [2.05, 4.69) is 12.2 Å². The average molecular weight is 346 g/mol. The highest BCUT2D eigenvalue weighted by molar-refractivity contribution is 5.48. The van der Waals surface area contributed by atoms with E-state index in [1.54, 1.807) is 7.11 Å². The number of nitrogens with one attached hydrogen (secondary N) is 1. The fourth-order valence-corrected chi connectivity index (χ4v) is 2.42. The van der Waals surface area contributed by atoms with Gasteiger partial charge in [-0.05, 0) is 25.8 Å². The van der Waals surface area contributed by atoms with Crippen LogP contribution in [-0.4, -0.2) is 44.8 Å². The monoisotopic (exact) mass is 345 g/mol. The molecule has 0 fully saturated rings. The first kappa shape index (κ1) is 25.8. The smallest absolute Gasteiger partial charge is 0.119 e. The predicted octanol–water partition coefficient (Wildman–Crippen LogP) is 4.49. The summed E-state index contributed by atoms with van der Waals surface area (Å²) in [6, 6.07) is 0. The van der Waals surface area contributed by atoms with Crippen molar-refractivity contribution in [3.05, 3.63) is 0 Å². The molecule has 0 saturated heterocycles. The normalized spacial score (nSPS) is 10.3. The van der Waals surface area contributed by atoms with Crippen molar-refractivity contribution in [2.75, 3.05) is 33.4 Å². The molecule has 0 aliphatic carbocycles. The summed E-state index contributed by atoms with van der Waals surface area (Å²) < 4.78 is 5.00. The first-order valence-electron chi connectivity index (χ1n) is 10.1. The second-order valence-corrected chi connectivity index (χ2v) is 6.31. The van der Waals surface area contributed by atoms with E-state index in [0.717, 1.165) is 38.7 Å². The summed E-state index contributed by atoms with van der Waals surface area (Å²) in [5, 5.41) is 11.5. The summed E-state index contributed by atoms with van der Waals surface area (Å²) in [5.74, 6) is 0. The molecule has 0 aliphatic heterocycles. The van der Waals surface area contributed by atoms with E-state index in [4.69, 9.17) is 9.84 Å². The molecule has 0 radical (unpaired) electrons. The number of methoxy groups -OCH3 is 1. The van der Waals surface area contributed by atoms with Crippen molar-refractivity contribution >= 4 is 6.29 Å². The van der Waals surface area contributed by atoms with E-state index in [1.807, 2.05) is 0 Å². The van der Waals surface area contributed by atoms with Gasteiger partial charge >= 0.3 is 0 Å². The van der Waals surface area contributed by atoms with Crippen molar-refractivity contribution in [1.29, 1.82) is 0 Å². The molecule has 24 heavy (non-hydrogen) atoms. The van der Waals surface area contributed by atoms with E-state index in [1.165, 1.54) is 57.8 Å². The Bertz CT molecular complexity index is 203. The summed E-state index contributed by atoms with van der Waals surface area (Å²) in [4.78, 5) is 9.89. The molecular formula is C20H43NO3. The van der Waals surface area contributed by atoms with Crippen LogP contribution in [0.15, 0.2) is 0 Å². The predicted molar refractivity (Wildman–Crippen MR) is 104 cm³/mol. The highest BCUT2D eigenvalue weighted by atomic mass is 16.5. The number of carbonyl (C=O) groups excluding carboxylic acids is 1. The molecule has 0 spiro atoms. The largest absolute Gasteiger partial charge is 0.395 e. The minimum Gasteiger partial charge on any atom is -0.395 e. The van der Waals surface area contributed by atoms with Crippen molar-refractivity contribution in [1.82, 2.24) is 5.32 Å². The molecule has 0 unspecified atom stereocenters. The van der Waals surface area contributed by atoms with Gasteiger partial charge in [0.15, 0.2) is 0 Å². The van der Waals surface area contributed by atoms with Crippen molar-refractivity contribution in [3.63, 3.8) is 0 Å². The molecule has 4 nitrogen and oxygen atoms in total. The van der Waals surface area contributed by atoms with Gasteiger partial charge in [0.05, 0.1) is 6.61 Å². The molecule has 0 rings (SSSR count). The van der Waals surface area contributed by atoms with Crippen molar-refractivity contribution in [2.45, 2.75) is 90.4 Å². The maximum atomic E-state index is 9.89. The average Bonchev–Trinajstić information content (AvgIpc) is 2.60. The van der Waals surface area contributed by atoms with Crippen LogP contribution in [0.1, 0.15) is 90.4 Å². The van der Waals surface area contributed by atoms with E-state index < -0.39 is 0 Å². The summed E-state index contributed by atoms with van der Waals surface area (Å²) in [6.45, 7) is 5.03. The SMILES string of the molecule is CCCCCCCCCCCOC.O=CCCCCCNCCO.